The standard InChI is InChI=1S/C21H33N5O3/c1-13(2)20(28)26-11-8-17-16(12-26)18(23-24(17)5)21(29)25-9-6-15(7-10-25)19(27)22-14(3)4/h13-15H,6-12H2,1-5H3,(H,22,27). The molecule has 0 spiro atoms. The van der Waals surface area contributed by atoms with Gasteiger partial charge in [0.2, 0.25) is 11.8 Å². The summed E-state index contributed by atoms with van der Waals surface area (Å²) < 4.78 is 1.78. The fourth-order valence-corrected chi connectivity index (χ4v) is 4.21. The van der Waals surface area contributed by atoms with Gasteiger partial charge in [-0.3, -0.25) is 19.1 Å². The van der Waals surface area contributed by atoms with Gasteiger partial charge in [0.1, 0.15) is 0 Å². The summed E-state index contributed by atoms with van der Waals surface area (Å²) in [6.45, 7) is 9.90. The highest BCUT2D eigenvalue weighted by Crippen LogP contribution is 2.26. The van der Waals surface area contributed by atoms with E-state index in [0.717, 1.165) is 11.3 Å². The first kappa shape index (κ1) is 21.3. The Kier molecular flexibility index (Phi) is 6.29. The SMILES string of the molecule is CC(C)NC(=O)C1CCN(C(=O)c2nn(C)c3c2CN(C(=O)C(C)C)CC3)CC1. The van der Waals surface area contributed by atoms with Crippen LogP contribution in [0.2, 0.25) is 0 Å². The molecule has 0 bridgehead atoms. The Morgan fingerprint density at radius 1 is 1.03 bits per heavy atom. The minimum absolute atomic E-state index is 0.0433. The molecule has 3 rings (SSSR count). The van der Waals surface area contributed by atoms with Crippen molar-refractivity contribution in [3.8, 4) is 0 Å². The lowest BCUT2D eigenvalue weighted by molar-refractivity contribution is -0.135. The summed E-state index contributed by atoms with van der Waals surface area (Å²) in [6, 6.07) is 0.124. The molecule has 0 radical (unpaired) electrons. The zero-order valence-electron chi connectivity index (χ0n) is 18.2. The number of carbonyl (C=O) groups excluding carboxylic acids is 3. The van der Waals surface area contributed by atoms with Crippen LogP contribution in [0.15, 0.2) is 0 Å². The van der Waals surface area contributed by atoms with E-state index >= 15 is 0 Å². The Morgan fingerprint density at radius 2 is 1.69 bits per heavy atom. The molecule has 8 nitrogen and oxygen atoms in total. The lowest BCUT2D eigenvalue weighted by Gasteiger charge is -2.32. The number of piperidine rings is 1. The van der Waals surface area contributed by atoms with Crippen molar-refractivity contribution in [2.45, 2.75) is 59.5 Å². The monoisotopic (exact) mass is 403 g/mol. The first-order chi connectivity index (χ1) is 13.7. The quantitative estimate of drug-likeness (QED) is 0.822. The number of hydrogen-bond acceptors (Lipinski definition) is 4. The van der Waals surface area contributed by atoms with Gasteiger partial charge in [0.25, 0.3) is 5.91 Å². The minimum Gasteiger partial charge on any atom is -0.354 e. The second-order valence-corrected chi connectivity index (χ2v) is 8.79. The molecule has 2 aliphatic heterocycles. The van der Waals surface area contributed by atoms with Crippen molar-refractivity contribution in [2.75, 3.05) is 19.6 Å². The summed E-state index contributed by atoms with van der Waals surface area (Å²) in [7, 11) is 1.86. The number of aromatic nitrogens is 2. The zero-order chi connectivity index (χ0) is 21.3. The molecule has 1 aromatic rings. The molecule has 0 aromatic carbocycles. The maximum Gasteiger partial charge on any atom is 0.274 e. The molecule has 1 N–H and O–H groups in total. The Bertz CT molecular complexity index is 790. The Balaban J connectivity index is 1.70. The number of nitrogens with zero attached hydrogens (tertiary/aromatic N) is 4. The van der Waals surface area contributed by atoms with E-state index < -0.39 is 0 Å². The second-order valence-electron chi connectivity index (χ2n) is 8.79. The lowest BCUT2D eigenvalue weighted by atomic mass is 9.95. The van der Waals surface area contributed by atoms with Crippen LogP contribution in [0, 0.1) is 11.8 Å². The molecule has 1 aromatic heterocycles. The number of amides is 3. The van der Waals surface area contributed by atoms with E-state index in [2.05, 4.69) is 10.4 Å². The molecule has 1 saturated heterocycles. The molecule has 2 aliphatic rings. The van der Waals surface area contributed by atoms with Crippen LogP contribution in [0.25, 0.3) is 0 Å². The lowest BCUT2D eigenvalue weighted by Crippen LogP contribution is -2.45. The van der Waals surface area contributed by atoms with Crippen molar-refractivity contribution in [3.63, 3.8) is 0 Å². The summed E-state index contributed by atoms with van der Waals surface area (Å²) in [5.41, 5.74) is 2.36. The van der Waals surface area contributed by atoms with Crippen LogP contribution >= 0.6 is 0 Å². The zero-order valence-corrected chi connectivity index (χ0v) is 18.2. The number of nitrogens with one attached hydrogen (secondary N) is 1. The minimum atomic E-state index is -0.0941. The average Bonchev–Trinajstić information content (AvgIpc) is 3.02. The molecule has 0 unspecified atom stereocenters. The number of fused-ring (bicyclic) bond motifs is 1. The van der Waals surface area contributed by atoms with E-state index in [1.54, 1.807) is 9.58 Å². The summed E-state index contributed by atoms with van der Waals surface area (Å²) in [4.78, 5) is 41.5. The van der Waals surface area contributed by atoms with E-state index in [1.807, 2.05) is 39.6 Å². The Labute approximate surface area is 172 Å². The Morgan fingerprint density at radius 3 is 2.28 bits per heavy atom. The predicted molar refractivity (Wildman–Crippen MR) is 109 cm³/mol. The van der Waals surface area contributed by atoms with Crippen molar-refractivity contribution in [3.05, 3.63) is 17.0 Å². The normalized spacial score (nSPS) is 17.6. The first-order valence-electron chi connectivity index (χ1n) is 10.6. The number of rotatable bonds is 4. The van der Waals surface area contributed by atoms with Crippen LogP contribution in [-0.2, 0) is 29.6 Å². The van der Waals surface area contributed by atoms with Gasteiger partial charge in [0.15, 0.2) is 5.69 Å². The summed E-state index contributed by atoms with van der Waals surface area (Å²) in [5.74, 6) is -0.0231. The largest absolute Gasteiger partial charge is 0.354 e. The topological polar surface area (TPSA) is 87.5 Å². The van der Waals surface area contributed by atoms with Gasteiger partial charge in [0, 0.05) is 68.8 Å². The third-order valence-electron chi connectivity index (χ3n) is 5.83. The van der Waals surface area contributed by atoms with E-state index in [0.29, 0.717) is 51.1 Å². The van der Waals surface area contributed by atoms with E-state index in [4.69, 9.17) is 0 Å². The molecule has 29 heavy (non-hydrogen) atoms. The molecule has 8 heteroatoms. The van der Waals surface area contributed by atoms with Gasteiger partial charge in [0.05, 0.1) is 0 Å². The highest BCUT2D eigenvalue weighted by atomic mass is 16.2. The fraction of sp³-hybridized carbons (Fsp3) is 0.714. The van der Waals surface area contributed by atoms with Crippen molar-refractivity contribution >= 4 is 17.7 Å². The third-order valence-corrected chi connectivity index (χ3v) is 5.83. The van der Waals surface area contributed by atoms with Gasteiger partial charge in [-0.05, 0) is 26.7 Å². The summed E-state index contributed by atoms with van der Waals surface area (Å²) in [6.07, 6.45) is 2.04. The molecule has 1 fully saturated rings. The fourth-order valence-electron chi connectivity index (χ4n) is 4.21. The summed E-state index contributed by atoms with van der Waals surface area (Å²) >= 11 is 0. The molecular weight excluding hydrogens is 370 g/mol. The van der Waals surface area contributed by atoms with Crippen molar-refractivity contribution < 1.29 is 14.4 Å². The number of carbonyl (C=O) groups is 3. The highest BCUT2D eigenvalue weighted by Gasteiger charge is 2.34. The van der Waals surface area contributed by atoms with Crippen LogP contribution in [0.4, 0.5) is 0 Å². The smallest absolute Gasteiger partial charge is 0.274 e. The van der Waals surface area contributed by atoms with Crippen LogP contribution < -0.4 is 5.32 Å². The maximum absolute atomic E-state index is 13.2. The maximum atomic E-state index is 13.2. The van der Waals surface area contributed by atoms with Crippen LogP contribution in [-0.4, -0.2) is 63.0 Å². The Hall–Kier alpha value is -2.38. The number of hydrogen-bond donors (Lipinski definition) is 1. The summed E-state index contributed by atoms with van der Waals surface area (Å²) in [5, 5.41) is 7.47. The van der Waals surface area contributed by atoms with Gasteiger partial charge < -0.3 is 15.1 Å². The first-order valence-corrected chi connectivity index (χ1v) is 10.6. The van der Waals surface area contributed by atoms with Gasteiger partial charge in [-0.2, -0.15) is 5.10 Å². The number of likely N-dealkylation sites (tertiary alicyclic amines) is 1. The third kappa shape index (κ3) is 4.46. The van der Waals surface area contributed by atoms with Crippen molar-refractivity contribution in [1.82, 2.24) is 24.9 Å². The van der Waals surface area contributed by atoms with Crippen LogP contribution in [0.1, 0.15) is 62.3 Å². The van der Waals surface area contributed by atoms with Crippen LogP contribution in [0.3, 0.4) is 0 Å². The molecule has 3 heterocycles. The molecule has 160 valence electrons. The molecule has 0 atom stereocenters. The average molecular weight is 404 g/mol. The number of aryl methyl sites for hydroxylation is 1. The molecular formula is C21H33N5O3. The predicted octanol–water partition coefficient (Wildman–Crippen LogP) is 1.34. The highest BCUT2D eigenvalue weighted by molar-refractivity contribution is 5.94. The van der Waals surface area contributed by atoms with E-state index in [1.165, 1.54) is 0 Å². The molecule has 0 saturated carbocycles. The van der Waals surface area contributed by atoms with Gasteiger partial charge in [-0.15, -0.1) is 0 Å². The molecule has 3 amide bonds. The van der Waals surface area contributed by atoms with E-state index in [9.17, 15) is 14.4 Å². The van der Waals surface area contributed by atoms with Gasteiger partial charge >= 0.3 is 0 Å². The van der Waals surface area contributed by atoms with Gasteiger partial charge in [-0.25, -0.2) is 0 Å². The molecule has 0 aliphatic carbocycles. The second kappa shape index (κ2) is 8.55. The van der Waals surface area contributed by atoms with Crippen molar-refractivity contribution in [1.29, 1.82) is 0 Å². The van der Waals surface area contributed by atoms with E-state index in [-0.39, 0.29) is 35.6 Å². The van der Waals surface area contributed by atoms with Crippen molar-refractivity contribution in [2.24, 2.45) is 18.9 Å². The van der Waals surface area contributed by atoms with Gasteiger partial charge in [-0.1, -0.05) is 13.8 Å². The van der Waals surface area contributed by atoms with Crippen LogP contribution in [0.5, 0.6) is 0 Å².